The number of aliphatic hydroxyl groups is 3. The molecule has 0 heterocycles. The van der Waals surface area contributed by atoms with Crippen molar-refractivity contribution in [1.82, 2.24) is 0 Å². The molecule has 0 aromatic heterocycles. The Kier molecular flexibility index (Phi) is 7.25. The Labute approximate surface area is 212 Å². The van der Waals surface area contributed by atoms with E-state index in [0.717, 1.165) is 0 Å². The molecule has 0 amide bonds. The molecule has 0 saturated heterocycles. The summed E-state index contributed by atoms with van der Waals surface area (Å²) in [5, 5.41) is 35.3. The quantitative estimate of drug-likeness (QED) is 0.363. The van der Waals surface area contributed by atoms with Gasteiger partial charge in [0.1, 0.15) is 12.7 Å². The van der Waals surface area contributed by atoms with Crippen LogP contribution < -0.4 is 0 Å². The van der Waals surface area contributed by atoms with Crippen LogP contribution >= 0.6 is 0 Å². The number of carbonyl (C=O) groups is 3. The Morgan fingerprint density at radius 3 is 2.17 bits per heavy atom. The SMILES string of the molecule is CC(=O)OC[C@H](O)[C@H]1CC[C@@]2(O)[C@@H]3CC[C@@]4(O)C[C@@H](OC(C)=O)CC[C@]4(COC(C)=O)[C@H]3CC[C@]12C. The molecular formula is C27H42O9. The van der Waals surface area contributed by atoms with Crippen LogP contribution in [0.2, 0.25) is 0 Å². The van der Waals surface area contributed by atoms with Gasteiger partial charge < -0.3 is 29.5 Å². The van der Waals surface area contributed by atoms with Gasteiger partial charge in [0.2, 0.25) is 0 Å². The predicted octanol–water partition coefficient (Wildman–Crippen LogP) is 2.27. The second-order valence-corrected chi connectivity index (χ2v) is 12.1. The summed E-state index contributed by atoms with van der Waals surface area (Å²) in [4.78, 5) is 34.8. The molecule has 0 bridgehead atoms. The standard InChI is InChI=1S/C27H42O9/c1-16(28)34-14-23(31)22-8-12-27(33)21-7-11-26(32)13-19(36-18(3)30)5-10-25(26,15-35-17(2)29)20(21)6-9-24(22,27)4/h19-23,31-33H,5-15H2,1-4H3/t19-,20-,21+,22+,23-,24+,25-,26+,27+/m0/s1. The van der Waals surface area contributed by atoms with Crippen LogP contribution in [0.5, 0.6) is 0 Å². The Balaban J connectivity index is 1.64. The van der Waals surface area contributed by atoms with Crippen molar-refractivity contribution in [3.05, 3.63) is 0 Å². The molecule has 9 atom stereocenters. The number of esters is 3. The average molecular weight is 511 g/mol. The van der Waals surface area contributed by atoms with E-state index in [0.29, 0.717) is 51.4 Å². The second kappa shape index (κ2) is 9.55. The van der Waals surface area contributed by atoms with Crippen LogP contribution in [0.15, 0.2) is 0 Å². The van der Waals surface area contributed by atoms with Crippen molar-refractivity contribution in [2.45, 2.75) is 109 Å². The van der Waals surface area contributed by atoms with E-state index >= 15 is 0 Å². The summed E-state index contributed by atoms with van der Waals surface area (Å²) in [6.07, 6.45) is 3.61. The topological polar surface area (TPSA) is 140 Å². The fraction of sp³-hybridized carbons (Fsp3) is 0.889. The van der Waals surface area contributed by atoms with E-state index in [1.807, 2.05) is 6.92 Å². The highest BCUT2D eigenvalue weighted by atomic mass is 16.5. The summed E-state index contributed by atoms with van der Waals surface area (Å²) >= 11 is 0. The van der Waals surface area contributed by atoms with Crippen molar-refractivity contribution in [3.8, 4) is 0 Å². The molecule has 4 rings (SSSR count). The highest BCUT2D eigenvalue weighted by Crippen LogP contribution is 2.70. The van der Waals surface area contributed by atoms with Gasteiger partial charge in [-0.25, -0.2) is 0 Å². The molecule has 0 aliphatic heterocycles. The van der Waals surface area contributed by atoms with Crippen molar-refractivity contribution in [1.29, 1.82) is 0 Å². The Morgan fingerprint density at radius 1 is 0.861 bits per heavy atom. The number of rotatable bonds is 6. The molecule has 4 saturated carbocycles. The molecule has 4 fully saturated rings. The van der Waals surface area contributed by atoms with Gasteiger partial charge in [-0.3, -0.25) is 14.4 Å². The normalized spacial score (nSPS) is 44.4. The highest BCUT2D eigenvalue weighted by Gasteiger charge is 2.72. The van der Waals surface area contributed by atoms with E-state index < -0.39 is 46.2 Å². The first-order valence-corrected chi connectivity index (χ1v) is 13.3. The number of aliphatic hydroxyl groups excluding tert-OH is 1. The first kappa shape index (κ1) is 27.3. The number of carbonyl (C=O) groups excluding carboxylic acids is 3. The van der Waals surface area contributed by atoms with E-state index in [1.165, 1.54) is 20.8 Å². The zero-order valence-corrected chi connectivity index (χ0v) is 22.0. The Bertz CT molecular complexity index is 890. The largest absolute Gasteiger partial charge is 0.465 e. The molecule has 0 unspecified atom stereocenters. The van der Waals surface area contributed by atoms with Gasteiger partial charge in [-0.1, -0.05) is 6.92 Å². The summed E-state index contributed by atoms with van der Waals surface area (Å²) in [7, 11) is 0. The molecule has 4 aliphatic rings. The van der Waals surface area contributed by atoms with Gasteiger partial charge in [0.05, 0.1) is 23.9 Å². The molecular weight excluding hydrogens is 468 g/mol. The smallest absolute Gasteiger partial charge is 0.302 e. The maximum absolute atomic E-state index is 12.3. The van der Waals surface area contributed by atoms with Crippen LogP contribution in [0, 0.1) is 28.6 Å². The summed E-state index contributed by atoms with van der Waals surface area (Å²) in [5.41, 5.74) is -3.56. The van der Waals surface area contributed by atoms with Crippen molar-refractivity contribution in [3.63, 3.8) is 0 Å². The molecule has 204 valence electrons. The zero-order valence-electron chi connectivity index (χ0n) is 22.0. The van der Waals surface area contributed by atoms with E-state index in [-0.39, 0.29) is 43.4 Å². The van der Waals surface area contributed by atoms with Crippen molar-refractivity contribution in [2.75, 3.05) is 13.2 Å². The first-order chi connectivity index (χ1) is 16.8. The lowest BCUT2D eigenvalue weighted by atomic mass is 9.41. The molecule has 9 nitrogen and oxygen atoms in total. The fourth-order valence-electron chi connectivity index (χ4n) is 8.83. The fourth-order valence-corrected chi connectivity index (χ4v) is 8.83. The van der Waals surface area contributed by atoms with Gasteiger partial charge in [-0.05, 0) is 69.1 Å². The third-order valence-electron chi connectivity index (χ3n) is 10.5. The zero-order chi connectivity index (χ0) is 26.5. The molecule has 0 radical (unpaired) electrons. The molecule has 4 aliphatic carbocycles. The van der Waals surface area contributed by atoms with Gasteiger partial charge in [0, 0.05) is 38.0 Å². The molecule has 0 aromatic carbocycles. The summed E-state index contributed by atoms with van der Waals surface area (Å²) < 4.78 is 16.1. The monoisotopic (exact) mass is 510 g/mol. The van der Waals surface area contributed by atoms with Crippen molar-refractivity contribution in [2.24, 2.45) is 28.6 Å². The number of fused-ring (bicyclic) bond motifs is 5. The second-order valence-electron chi connectivity index (χ2n) is 12.1. The molecule has 3 N–H and O–H groups in total. The lowest BCUT2D eigenvalue weighted by Crippen LogP contribution is -2.69. The molecule has 0 spiro atoms. The van der Waals surface area contributed by atoms with Crippen LogP contribution in [0.4, 0.5) is 0 Å². The van der Waals surface area contributed by atoms with E-state index in [2.05, 4.69) is 0 Å². The summed E-state index contributed by atoms with van der Waals surface area (Å²) in [5.74, 6) is -1.67. The molecule has 36 heavy (non-hydrogen) atoms. The number of hydrogen-bond donors (Lipinski definition) is 3. The van der Waals surface area contributed by atoms with Crippen LogP contribution in [-0.2, 0) is 28.6 Å². The van der Waals surface area contributed by atoms with Gasteiger partial charge in [0.25, 0.3) is 0 Å². The molecule has 0 aromatic rings. The van der Waals surface area contributed by atoms with E-state index in [1.54, 1.807) is 0 Å². The lowest BCUT2D eigenvalue weighted by molar-refractivity contribution is -0.274. The van der Waals surface area contributed by atoms with Crippen LogP contribution in [0.3, 0.4) is 0 Å². The van der Waals surface area contributed by atoms with Crippen molar-refractivity contribution >= 4 is 17.9 Å². The van der Waals surface area contributed by atoms with Crippen LogP contribution in [-0.4, -0.2) is 69.9 Å². The Morgan fingerprint density at radius 2 is 1.53 bits per heavy atom. The maximum Gasteiger partial charge on any atom is 0.302 e. The van der Waals surface area contributed by atoms with Crippen LogP contribution in [0.25, 0.3) is 0 Å². The maximum atomic E-state index is 12.3. The lowest BCUT2D eigenvalue weighted by Gasteiger charge is -2.66. The highest BCUT2D eigenvalue weighted by molar-refractivity contribution is 5.66. The number of ether oxygens (including phenoxy) is 3. The third-order valence-corrected chi connectivity index (χ3v) is 10.5. The van der Waals surface area contributed by atoms with Crippen LogP contribution in [0.1, 0.15) is 85.5 Å². The van der Waals surface area contributed by atoms with Crippen molar-refractivity contribution < 1.29 is 43.9 Å². The van der Waals surface area contributed by atoms with E-state index in [9.17, 15) is 29.7 Å². The molecule has 9 heteroatoms. The predicted molar refractivity (Wildman–Crippen MR) is 127 cm³/mol. The minimum atomic E-state index is -1.18. The first-order valence-electron chi connectivity index (χ1n) is 13.3. The third kappa shape index (κ3) is 4.25. The van der Waals surface area contributed by atoms with Gasteiger partial charge in [-0.2, -0.15) is 0 Å². The van der Waals surface area contributed by atoms with E-state index in [4.69, 9.17) is 14.2 Å². The summed E-state index contributed by atoms with van der Waals surface area (Å²) in [6.45, 7) is 6.05. The minimum Gasteiger partial charge on any atom is -0.465 e. The van der Waals surface area contributed by atoms with Gasteiger partial charge in [0.15, 0.2) is 0 Å². The average Bonchev–Trinajstić information content (AvgIpc) is 3.06. The number of hydrogen-bond acceptors (Lipinski definition) is 9. The Hall–Kier alpha value is -1.71. The van der Waals surface area contributed by atoms with Gasteiger partial charge >= 0.3 is 17.9 Å². The minimum absolute atomic E-state index is 0.0676. The summed E-state index contributed by atoms with van der Waals surface area (Å²) in [6, 6.07) is 0. The van der Waals surface area contributed by atoms with Gasteiger partial charge in [-0.15, -0.1) is 0 Å².